The Morgan fingerprint density at radius 1 is 1.20 bits per heavy atom. The van der Waals surface area contributed by atoms with Gasteiger partial charge in [-0.2, -0.15) is 0 Å². The van der Waals surface area contributed by atoms with E-state index in [4.69, 9.17) is 11.6 Å². The maximum Gasteiger partial charge on any atom is 0.133 e. The molecule has 0 aromatic heterocycles. The van der Waals surface area contributed by atoms with Crippen LogP contribution in [0, 0.1) is 0 Å². The minimum absolute atomic E-state index is 0.337. The van der Waals surface area contributed by atoms with Crippen molar-refractivity contribution in [1.82, 2.24) is 0 Å². The number of rotatable bonds is 6. The highest BCUT2D eigenvalue weighted by Gasteiger charge is 2.02. The molecule has 15 heavy (non-hydrogen) atoms. The maximum absolute atomic E-state index is 11.4. The molecule has 0 saturated heterocycles. The van der Waals surface area contributed by atoms with Gasteiger partial charge in [0.1, 0.15) is 5.78 Å². The first kappa shape index (κ1) is 12.7. The van der Waals surface area contributed by atoms with Gasteiger partial charge in [0.2, 0.25) is 0 Å². The van der Waals surface area contributed by atoms with Gasteiger partial charge in [-0.1, -0.05) is 39.7 Å². The van der Waals surface area contributed by atoms with Crippen molar-refractivity contribution in [3.63, 3.8) is 0 Å². The normalized spacial score (nSPS) is 10.3. The van der Waals surface area contributed by atoms with Gasteiger partial charge in [0, 0.05) is 23.2 Å². The van der Waals surface area contributed by atoms with Crippen LogP contribution in [0.3, 0.4) is 0 Å². The molecule has 0 aliphatic rings. The molecule has 0 unspecified atom stereocenters. The van der Waals surface area contributed by atoms with E-state index in [-0.39, 0.29) is 0 Å². The van der Waals surface area contributed by atoms with E-state index in [1.165, 1.54) is 5.56 Å². The molecule has 1 rings (SSSR count). The molecule has 0 heterocycles. The summed E-state index contributed by atoms with van der Waals surface area (Å²) in [4.78, 5) is 11.4. The summed E-state index contributed by atoms with van der Waals surface area (Å²) in [5.41, 5.74) is 1.17. The fraction of sp³-hybridized carbons (Fsp3) is 0.417. The summed E-state index contributed by atoms with van der Waals surface area (Å²) < 4.78 is 0. The lowest BCUT2D eigenvalue weighted by molar-refractivity contribution is -0.119. The zero-order valence-electron chi connectivity index (χ0n) is 8.51. The van der Waals surface area contributed by atoms with Crippen molar-refractivity contribution in [2.45, 2.75) is 25.7 Å². The zero-order valence-corrected chi connectivity index (χ0v) is 10.9. The first-order valence-corrected chi connectivity index (χ1v) is 6.54. The van der Waals surface area contributed by atoms with Gasteiger partial charge in [0.15, 0.2) is 0 Å². The second-order valence-electron chi connectivity index (χ2n) is 3.46. The highest BCUT2D eigenvalue weighted by atomic mass is 79.9. The summed E-state index contributed by atoms with van der Waals surface area (Å²) in [5, 5.41) is 1.64. The Kier molecular flexibility index (Phi) is 5.96. The van der Waals surface area contributed by atoms with Gasteiger partial charge in [-0.25, -0.2) is 0 Å². The largest absolute Gasteiger partial charge is 0.300 e. The fourth-order valence-electron chi connectivity index (χ4n) is 1.32. The number of benzene rings is 1. The molecule has 0 aliphatic heterocycles. The van der Waals surface area contributed by atoms with Crippen molar-refractivity contribution in [3.8, 4) is 0 Å². The summed E-state index contributed by atoms with van der Waals surface area (Å²) in [6.45, 7) is 0. The summed E-state index contributed by atoms with van der Waals surface area (Å²) in [6.07, 6.45) is 3.06. The molecule has 3 heteroatoms. The second-order valence-corrected chi connectivity index (χ2v) is 4.69. The molecule has 1 aromatic carbocycles. The first-order valence-electron chi connectivity index (χ1n) is 5.04. The van der Waals surface area contributed by atoms with E-state index in [9.17, 15) is 4.79 Å². The van der Waals surface area contributed by atoms with E-state index in [0.29, 0.717) is 18.6 Å². The predicted molar refractivity (Wildman–Crippen MR) is 67.8 cm³/mol. The van der Waals surface area contributed by atoms with Gasteiger partial charge in [0.25, 0.3) is 0 Å². The van der Waals surface area contributed by atoms with Crippen molar-refractivity contribution in [2.24, 2.45) is 0 Å². The van der Waals surface area contributed by atoms with E-state index in [2.05, 4.69) is 15.9 Å². The molecule has 82 valence electrons. The number of hydrogen-bond donors (Lipinski definition) is 0. The molecule has 0 aliphatic carbocycles. The Bertz CT molecular complexity index is 308. The van der Waals surface area contributed by atoms with E-state index in [1.54, 1.807) is 0 Å². The van der Waals surface area contributed by atoms with Gasteiger partial charge < -0.3 is 0 Å². The van der Waals surface area contributed by atoms with Crippen LogP contribution >= 0.6 is 27.5 Å². The van der Waals surface area contributed by atoms with Crippen LogP contribution in [0.2, 0.25) is 5.02 Å². The number of hydrogen-bond acceptors (Lipinski definition) is 1. The monoisotopic (exact) mass is 288 g/mol. The highest BCUT2D eigenvalue weighted by Crippen LogP contribution is 2.11. The second kappa shape index (κ2) is 7.02. The van der Waals surface area contributed by atoms with Gasteiger partial charge in [0.05, 0.1) is 0 Å². The van der Waals surface area contributed by atoms with Crippen LogP contribution in [0.4, 0.5) is 0 Å². The SMILES string of the molecule is O=C(CCCBr)CCc1ccc(Cl)cc1. The lowest BCUT2D eigenvalue weighted by Crippen LogP contribution is -2.00. The number of carbonyl (C=O) groups is 1. The van der Waals surface area contributed by atoms with Gasteiger partial charge in [-0.05, 0) is 30.5 Å². The molecule has 0 amide bonds. The highest BCUT2D eigenvalue weighted by molar-refractivity contribution is 9.09. The molecule has 0 saturated carbocycles. The molecular formula is C12H14BrClO. The zero-order chi connectivity index (χ0) is 11.1. The van der Waals surface area contributed by atoms with Crippen molar-refractivity contribution in [1.29, 1.82) is 0 Å². The predicted octanol–water partition coefficient (Wildman–Crippen LogP) is 4.02. The Balaban J connectivity index is 2.30. The molecule has 1 nitrogen and oxygen atoms in total. The lowest BCUT2D eigenvalue weighted by atomic mass is 10.1. The standard InChI is InChI=1S/C12H14BrClO/c13-9-1-2-12(15)8-5-10-3-6-11(14)7-4-10/h3-4,6-7H,1-2,5,8-9H2. The van der Waals surface area contributed by atoms with Crippen molar-refractivity contribution in [3.05, 3.63) is 34.9 Å². The number of alkyl halides is 1. The van der Waals surface area contributed by atoms with Crippen molar-refractivity contribution >= 4 is 33.3 Å². The van der Waals surface area contributed by atoms with E-state index in [0.717, 1.165) is 23.2 Å². The molecule has 0 spiro atoms. The van der Waals surface area contributed by atoms with Crippen LogP contribution in [-0.2, 0) is 11.2 Å². The average Bonchev–Trinajstić information content (AvgIpc) is 2.25. The van der Waals surface area contributed by atoms with E-state index < -0.39 is 0 Å². The fourth-order valence-corrected chi connectivity index (χ4v) is 1.73. The molecule has 0 N–H and O–H groups in total. The molecule has 0 fully saturated rings. The number of carbonyl (C=O) groups excluding carboxylic acids is 1. The van der Waals surface area contributed by atoms with E-state index >= 15 is 0 Å². The Hall–Kier alpha value is -0.340. The number of ketones is 1. The quantitative estimate of drug-likeness (QED) is 0.723. The summed E-state index contributed by atoms with van der Waals surface area (Å²) in [7, 11) is 0. The van der Waals surface area contributed by atoms with Gasteiger partial charge >= 0.3 is 0 Å². The van der Waals surface area contributed by atoms with Gasteiger partial charge in [-0.3, -0.25) is 4.79 Å². The maximum atomic E-state index is 11.4. The van der Waals surface area contributed by atoms with Crippen molar-refractivity contribution in [2.75, 3.05) is 5.33 Å². The van der Waals surface area contributed by atoms with Gasteiger partial charge in [-0.15, -0.1) is 0 Å². The first-order chi connectivity index (χ1) is 7.22. The topological polar surface area (TPSA) is 17.1 Å². The van der Waals surface area contributed by atoms with Crippen LogP contribution in [0.25, 0.3) is 0 Å². The van der Waals surface area contributed by atoms with E-state index in [1.807, 2.05) is 24.3 Å². The minimum atomic E-state index is 0.337. The Morgan fingerprint density at radius 3 is 2.47 bits per heavy atom. The third-order valence-electron chi connectivity index (χ3n) is 2.20. The van der Waals surface area contributed by atoms with Crippen LogP contribution in [0.15, 0.2) is 24.3 Å². The van der Waals surface area contributed by atoms with Crippen LogP contribution in [0.5, 0.6) is 0 Å². The number of halogens is 2. The summed E-state index contributed by atoms with van der Waals surface area (Å²) in [5.74, 6) is 0.337. The van der Waals surface area contributed by atoms with Crippen LogP contribution in [0.1, 0.15) is 24.8 Å². The van der Waals surface area contributed by atoms with Crippen LogP contribution < -0.4 is 0 Å². The molecule has 0 radical (unpaired) electrons. The number of aryl methyl sites for hydroxylation is 1. The molecule has 1 aromatic rings. The smallest absolute Gasteiger partial charge is 0.133 e. The molecule has 0 atom stereocenters. The Labute approximate surface area is 104 Å². The Morgan fingerprint density at radius 2 is 1.87 bits per heavy atom. The lowest BCUT2D eigenvalue weighted by Gasteiger charge is -2.01. The summed E-state index contributed by atoms with van der Waals surface area (Å²) >= 11 is 9.09. The minimum Gasteiger partial charge on any atom is -0.300 e. The van der Waals surface area contributed by atoms with Crippen LogP contribution in [-0.4, -0.2) is 11.1 Å². The number of Topliss-reactive ketones (excluding diaryl/α,β-unsaturated/α-hetero) is 1. The average molecular weight is 290 g/mol. The third-order valence-corrected chi connectivity index (χ3v) is 3.01. The molecular weight excluding hydrogens is 275 g/mol. The summed E-state index contributed by atoms with van der Waals surface area (Å²) in [6, 6.07) is 7.67. The van der Waals surface area contributed by atoms with Crippen molar-refractivity contribution < 1.29 is 4.79 Å². The third kappa shape index (κ3) is 5.33. The molecule has 0 bridgehead atoms.